The van der Waals surface area contributed by atoms with Gasteiger partial charge >= 0.3 is 0 Å². The van der Waals surface area contributed by atoms with Crippen LogP contribution >= 0.6 is 0 Å². The van der Waals surface area contributed by atoms with Crippen LogP contribution in [-0.4, -0.2) is 68.8 Å². The molecule has 0 radical (unpaired) electrons. The highest BCUT2D eigenvalue weighted by molar-refractivity contribution is 4.94. The minimum atomic E-state index is -3.72. The van der Waals surface area contributed by atoms with Crippen molar-refractivity contribution in [1.82, 2.24) is 0 Å². The molecule has 0 spiro atoms. The van der Waals surface area contributed by atoms with Crippen LogP contribution in [0.25, 0.3) is 0 Å². The molecule has 23 heavy (non-hydrogen) atoms. The van der Waals surface area contributed by atoms with Crippen molar-refractivity contribution in [3.8, 4) is 0 Å². The Labute approximate surface area is 126 Å². The molecule has 9 atom stereocenters. The Morgan fingerprint density at radius 2 is 0.826 bits per heavy atom. The standard InChI is InChI=1S/C12H17F10N/c13-2-1-4(14)6(16)8(18)10(20)12(22)11(21)9(19)7(17)5(15)3-23/h4-12H,1-3,23H2. The Morgan fingerprint density at radius 3 is 1.13 bits per heavy atom. The number of alkyl halides is 10. The Hall–Kier alpha value is -0.740. The monoisotopic (exact) mass is 365 g/mol. The van der Waals surface area contributed by atoms with Gasteiger partial charge < -0.3 is 5.73 Å². The van der Waals surface area contributed by atoms with E-state index in [-0.39, 0.29) is 0 Å². The fourth-order valence-electron chi connectivity index (χ4n) is 1.67. The summed E-state index contributed by atoms with van der Waals surface area (Å²) in [6.07, 6.45) is -31.5. The molecule has 0 amide bonds. The fourth-order valence-corrected chi connectivity index (χ4v) is 1.67. The molecule has 0 aliphatic heterocycles. The summed E-state index contributed by atoms with van der Waals surface area (Å²) in [7, 11) is 0. The summed E-state index contributed by atoms with van der Waals surface area (Å²) in [5.41, 5.74) is 4.64. The van der Waals surface area contributed by atoms with Crippen molar-refractivity contribution < 1.29 is 43.9 Å². The number of rotatable bonds is 11. The molecule has 2 N–H and O–H groups in total. The first-order chi connectivity index (χ1) is 10.6. The minimum absolute atomic E-state index is 1.07. The lowest BCUT2D eigenvalue weighted by Gasteiger charge is -2.26. The lowest BCUT2D eigenvalue weighted by molar-refractivity contribution is -0.0543. The SMILES string of the molecule is NCC(F)C(F)C(F)C(F)C(F)C(F)C(F)C(F)C(F)CCF. The van der Waals surface area contributed by atoms with Gasteiger partial charge in [0, 0.05) is 13.0 Å². The molecule has 0 saturated heterocycles. The molecular formula is C12H17F10N. The third-order valence-electron chi connectivity index (χ3n) is 3.13. The van der Waals surface area contributed by atoms with E-state index in [1.807, 2.05) is 0 Å². The van der Waals surface area contributed by atoms with Crippen LogP contribution in [0, 0.1) is 0 Å². The number of halogens is 10. The highest BCUT2D eigenvalue weighted by Crippen LogP contribution is 2.29. The Morgan fingerprint density at radius 1 is 0.522 bits per heavy atom. The number of hydrogen-bond acceptors (Lipinski definition) is 1. The minimum Gasteiger partial charge on any atom is -0.328 e. The topological polar surface area (TPSA) is 26.0 Å². The number of hydrogen-bond donors (Lipinski definition) is 1. The summed E-state index contributed by atoms with van der Waals surface area (Å²) in [6, 6.07) is 0. The molecular weight excluding hydrogens is 348 g/mol. The Bertz CT molecular complexity index is 322. The summed E-state index contributed by atoms with van der Waals surface area (Å²) in [5, 5.41) is 0. The van der Waals surface area contributed by atoms with Crippen molar-refractivity contribution in [3.05, 3.63) is 0 Å². The third-order valence-corrected chi connectivity index (χ3v) is 3.13. The maximum Gasteiger partial charge on any atom is 0.168 e. The zero-order valence-electron chi connectivity index (χ0n) is 11.7. The second-order valence-electron chi connectivity index (χ2n) is 4.86. The quantitative estimate of drug-likeness (QED) is 0.559. The van der Waals surface area contributed by atoms with Crippen LogP contribution in [0.15, 0.2) is 0 Å². The molecule has 0 saturated carbocycles. The molecule has 0 aliphatic rings. The normalized spacial score (nSPS) is 24.1. The average Bonchev–Trinajstić information content (AvgIpc) is 2.56. The van der Waals surface area contributed by atoms with Crippen LogP contribution in [0.3, 0.4) is 0 Å². The summed E-state index contributed by atoms with van der Waals surface area (Å²) in [4.78, 5) is 0. The van der Waals surface area contributed by atoms with Gasteiger partial charge in [-0.2, -0.15) is 0 Å². The largest absolute Gasteiger partial charge is 0.328 e. The zero-order chi connectivity index (χ0) is 18.3. The zero-order valence-corrected chi connectivity index (χ0v) is 11.7. The van der Waals surface area contributed by atoms with E-state index in [9.17, 15) is 43.9 Å². The van der Waals surface area contributed by atoms with Crippen molar-refractivity contribution in [1.29, 1.82) is 0 Å². The van der Waals surface area contributed by atoms with Gasteiger partial charge in [-0.3, -0.25) is 4.39 Å². The molecule has 0 aliphatic carbocycles. The van der Waals surface area contributed by atoms with Crippen LogP contribution in [0.2, 0.25) is 0 Å². The fraction of sp³-hybridized carbons (Fsp3) is 1.00. The maximum atomic E-state index is 13.3. The van der Waals surface area contributed by atoms with Gasteiger partial charge in [0.2, 0.25) is 0 Å². The van der Waals surface area contributed by atoms with E-state index in [1.54, 1.807) is 0 Å². The molecule has 11 heteroatoms. The number of nitrogens with two attached hydrogens (primary N) is 1. The van der Waals surface area contributed by atoms with Gasteiger partial charge in [-0.25, -0.2) is 39.5 Å². The Kier molecular flexibility index (Phi) is 9.86. The first kappa shape index (κ1) is 22.3. The molecule has 0 heterocycles. The third kappa shape index (κ3) is 6.00. The molecule has 0 bridgehead atoms. The molecule has 0 aromatic heterocycles. The van der Waals surface area contributed by atoms with Gasteiger partial charge in [-0.15, -0.1) is 0 Å². The van der Waals surface area contributed by atoms with Crippen LogP contribution < -0.4 is 5.73 Å². The van der Waals surface area contributed by atoms with E-state index in [4.69, 9.17) is 0 Å². The average molecular weight is 365 g/mol. The van der Waals surface area contributed by atoms with E-state index in [0.29, 0.717) is 0 Å². The lowest BCUT2D eigenvalue weighted by Crippen LogP contribution is -2.48. The molecule has 140 valence electrons. The molecule has 0 fully saturated rings. The van der Waals surface area contributed by atoms with Crippen LogP contribution in [0.4, 0.5) is 43.9 Å². The predicted molar refractivity (Wildman–Crippen MR) is 63.7 cm³/mol. The van der Waals surface area contributed by atoms with Crippen LogP contribution in [0.1, 0.15) is 6.42 Å². The summed E-state index contributed by atoms with van der Waals surface area (Å²) in [5.74, 6) is 0. The molecule has 0 aromatic carbocycles. The molecule has 9 unspecified atom stereocenters. The first-order valence-corrected chi connectivity index (χ1v) is 6.62. The molecule has 0 aromatic rings. The van der Waals surface area contributed by atoms with Gasteiger partial charge in [-0.05, 0) is 0 Å². The smallest absolute Gasteiger partial charge is 0.168 e. The van der Waals surface area contributed by atoms with Crippen molar-refractivity contribution in [3.63, 3.8) is 0 Å². The molecule has 0 rings (SSSR count). The van der Waals surface area contributed by atoms with E-state index >= 15 is 0 Å². The Balaban J connectivity index is 4.82. The lowest BCUT2D eigenvalue weighted by atomic mass is 9.96. The van der Waals surface area contributed by atoms with E-state index < -0.39 is 75.2 Å². The van der Waals surface area contributed by atoms with Crippen molar-refractivity contribution in [2.75, 3.05) is 13.2 Å². The second kappa shape index (κ2) is 10.2. The van der Waals surface area contributed by atoms with Gasteiger partial charge in [0.1, 0.15) is 12.3 Å². The summed E-state index contributed by atoms with van der Waals surface area (Å²) in [6.45, 7) is -2.49. The molecule has 1 nitrogen and oxygen atoms in total. The summed E-state index contributed by atoms with van der Waals surface area (Å²) < 4.78 is 130. The van der Waals surface area contributed by atoms with E-state index in [2.05, 4.69) is 5.73 Å². The summed E-state index contributed by atoms with van der Waals surface area (Å²) >= 11 is 0. The van der Waals surface area contributed by atoms with Crippen molar-refractivity contribution in [2.24, 2.45) is 5.73 Å². The van der Waals surface area contributed by atoms with Gasteiger partial charge in [0.15, 0.2) is 43.2 Å². The predicted octanol–water partition coefficient (Wildman–Crippen LogP) is 3.35. The van der Waals surface area contributed by atoms with E-state index in [0.717, 1.165) is 0 Å². The van der Waals surface area contributed by atoms with Crippen molar-refractivity contribution in [2.45, 2.75) is 62.0 Å². The highest BCUT2D eigenvalue weighted by Gasteiger charge is 2.48. The first-order valence-electron chi connectivity index (χ1n) is 6.62. The van der Waals surface area contributed by atoms with Gasteiger partial charge in [-0.1, -0.05) is 0 Å². The van der Waals surface area contributed by atoms with Gasteiger partial charge in [0.25, 0.3) is 0 Å². The van der Waals surface area contributed by atoms with Crippen LogP contribution in [-0.2, 0) is 0 Å². The van der Waals surface area contributed by atoms with Crippen LogP contribution in [0.5, 0.6) is 0 Å². The second-order valence-corrected chi connectivity index (χ2v) is 4.86. The maximum absolute atomic E-state index is 13.3. The van der Waals surface area contributed by atoms with Crippen molar-refractivity contribution >= 4 is 0 Å². The highest BCUT2D eigenvalue weighted by atomic mass is 19.2. The van der Waals surface area contributed by atoms with Gasteiger partial charge in [0.05, 0.1) is 6.67 Å². The van der Waals surface area contributed by atoms with E-state index in [1.165, 1.54) is 0 Å².